The third-order valence-electron chi connectivity index (χ3n) is 2.24. The van der Waals surface area contributed by atoms with E-state index in [-0.39, 0.29) is 17.9 Å². The van der Waals surface area contributed by atoms with Crippen molar-refractivity contribution >= 4 is 5.91 Å². The second-order valence-corrected chi connectivity index (χ2v) is 3.54. The molecule has 1 aliphatic heterocycles. The molecule has 1 fully saturated rings. The van der Waals surface area contributed by atoms with Crippen LogP contribution < -0.4 is 5.32 Å². The molecule has 1 aliphatic rings. The minimum Gasteiger partial charge on any atom is -0.391 e. The molecule has 1 heterocycles. The summed E-state index contributed by atoms with van der Waals surface area (Å²) < 4.78 is 0. The number of nitrogens with one attached hydrogen (secondary N) is 1. The van der Waals surface area contributed by atoms with Gasteiger partial charge in [-0.25, -0.2) is 0 Å². The van der Waals surface area contributed by atoms with Crippen molar-refractivity contribution in [2.75, 3.05) is 0 Å². The molecular formula is C8H15NO2. The average molecular weight is 157 g/mol. The molecule has 2 N–H and O–H groups in total. The van der Waals surface area contributed by atoms with Crippen LogP contribution in [-0.2, 0) is 4.79 Å². The first-order valence-corrected chi connectivity index (χ1v) is 4.02. The van der Waals surface area contributed by atoms with E-state index in [1.54, 1.807) is 6.92 Å². The number of aliphatic hydroxyl groups excluding tert-OH is 1. The number of aliphatic hydroxyl groups is 1. The third-order valence-corrected chi connectivity index (χ3v) is 2.24. The first-order chi connectivity index (χ1) is 5.04. The van der Waals surface area contributed by atoms with Crippen molar-refractivity contribution in [3.05, 3.63) is 0 Å². The minimum absolute atomic E-state index is 0.00926. The van der Waals surface area contributed by atoms with Crippen LogP contribution in [0.2, 0.25) is 0 Å². The minimum atomic E-state index is -0.430. The molecule has 1 saturated heterocycles. The van der Waals surface area contributed by atoms with Gasteiger partial charge in [0.05, 0.1) is 18.1 Å². The van der Waals surface area contributed by atoms with Gasteiger partial charge in [0.1, 0.15) is 0 Å². The summed E-state index contributed by atoms with van der Waals surface area (Å²) in [7, 11) is 0. The van der Waals surface area contributed by atoms with Crippen molar-refractivity contribution in [1.29, 1.82) is 0 Å². The first kappa shape index (κ1) is 8.53. The number of carbonyl (C=O) groups is 1. The van der Waals surface area contributed by atoms with Gasteiger partial charge in [0.2, 0.25) is 5.91 Å². The molecule has 3 atom stereocenters. The van der Waals surface area contributed by atoms with Crippen molar-refractivity contribution in [3.63, 3.8) is 0 Å². The number of rotatable bonds is 2. The summed E-state index contributed by atoms with van der Waals surface area (Å²) >= 11 is 0. The van der Waals surface area contributed by atoms with Crippen molar-refractivity contribution < 1.29 is 9.90 Å². The van der Waals surface area contributed by atoms with E-state index in [0.717, 1.165) is 0 Å². The number of β-lactam (4-membered cyclic amide) rings is 1. The third kappa shape index (κ3) is 1.38. The Kier molecular flexibility index (Phi) is 2.18. The van der Waals surface area contributed by atoms with E-state index in [0.29, 0.717) is 5.92 Å². The van der Waals surface area contributed by atoms with Crippen LogP contribution in [0.25, 0.3) is 0 Å². The van der Waals surface area contributed by atoms with Crippen LogP contribution in [0.15, 0.2) is 0 Å². The number of amides is 1. The van der Waals surface area contributed by atoms with E-state index >= 15 is 0 Å². The van der Waals surface area contributed by atoms with E-state index in [1.165, 1.54) is 0 Å². The molecule has 1 rings (SSSR count). The Morgan fingerprint density at radius 1 is 1.45 bits per heavy atom. The van der Waals surface area contributed by atoms with Gasteiger partial charge in [-0.2, -0.15) is 0 Å². The maximum Gasteiger partial charge on any atom is 0.225 e. The van der Waals surface area contributed by atoms with Crippen LogP contribution in [0, 0.1) is 11.8 Å². The zero-order valence-corrected chi connectivity index (χ0v) is 7.16. The Morgan fingerprint density at radius 3 is 2.18 bits per heavy atom. The molecule has 0 aliphatic carbocycles. The maximum absolute atomic E-state index is 11.0. The van der Waals surface area contributed by atoms with Gasteiger partial charge in [-0.1, -0.05) is 13.8 Å². The number of hydrogen-bond acceptors (Lipinski definition) is 2. The molecule has 0 radical (unpaired) electrons. The Balaban J connectivity index is 2.55. The van der Waals surface area contributed by atoms with Crippen LogP contribution in [0.5, 0.6) is 0 Å². The summed E-state index contributed by atoms with van der Waals surface area (Å²) in [6.07, 6.45) is -0.430. The zero-order chi connectivity index (χ0) is 8.59. The summed E-state index contributed by atoms with van der Waals surface area (Å²) in [5.74, 6) is 0.407. The van der Waals surface area contributed by atoms with Crippen LogP contribution in [0.3, 0.4) is 0 Å². The van der Waals surface area contributed by atoms with E-state index in [9.17, 15) is 9.90 Å². The lowest BCUT2D eigenvalue weighted by molar-refractivity contribution is -0.141. The van der Waals surface area contributed by atoms with Crippen LogP contribution >= 0.6 is 0 Å². The highest BCUT2D eigenvalue weighted by molar-refractivity contribution is 5.86. The molecule has 0 aromatic carbocycles. The molecule has 0 bridgehead atoms. The van der Waals surface area contributed by atoms with Gasteiger partial charge in [0, 0.05) is 0 Å². The summed E-state index contributed by atoms with van der Waals surface area (Å²) in [5.41, 5.74) is 0. The summed E-state index contributed by atoms with van der Waals surface area (Å²) in [6, 6.07) is -0.0255. The number of carbonyl (C=O) groups excluding carboxylic acids is 1. The second-order valence-electron chi connectivity index (χ2n) is 3.54. The van der Waals surface area contributed by atoms with Gasteiger partial charge < -0.3 is 10.4 Å². The summed E-state index contributed by atoms with van der Waals surface area (Å²) in [4.78, 5) is 11.0. The smallest absolute Gasteiger partial charge is 0.225 e. The molecule has 3 heteroatoms. The lowest BCUT2D eigenvalue weighted by atomic mass is 9.79. The molecule has 0 spiro atoms. The molecule has 3 nitrogen and oxygen atoms in total. The average Bonchev–Trinajstić information content (AvgIpc) is 1.80. The quantitative estimate of drug-likeness (QED) is 0.560. The predicted octanol–water partition coefficient (Wildman–Crippen LogP) is 0.138. The van der Waals surface area contributed by atoms with Crippen molar-refractivity contribution in [2.45, 2.75) is 32.9 Å². The fourth-order valence-corrected chi connectivity index (χ4v) is 1.56. The highest BCUT2D eigenvalue weighted by Crippen LogP contribution is 2.25. The van der Waals surface area contributed by atoms with Gasteiger partial charge >= 0.3 is 0 Å². The lowest BCUT2D eigenvalue weighted by Gasteiger charge is -2.40. The standard InChI is InChI=1S/C8H15NO2/c1-4(2)6-7(5(3)10)9-8(6)11/h4-7,10H,1-3H3,(H,9,11)/t5-,6+,7+/m0/s1. The second kappa shape index (κ2) is 2.81. The van der Waals surface area contributed by atoms with Crippen LogP contribution in [0.4, 0.5) is 0 Å². The molecule has 0 aromatic rings. The molecule has 0 saturated carbocycles. The Bertz CT molecular complexity index is 165. The van der Waals surface area contributed by atoms with Gasteiger partial charge in [-0.3, -0.25) is 4.79 Å². The monoisotopic (exact) mass is 157 g/mol. The highest BCUT2D eigenvalue weighted by Gasteiger charge is 2.43. The van der Waals surface area contributed by atoms with Gasteiger partial charge in [0.25, 0.3) is 0 Å². The van der Waals surface area contributed by atoms with Crippen molar-refractivity contribution in [2.24, 2.45) is 11.8 Å². The molecule has 11 heavy (non-hydrogen) atoms. The molecule has 64 valence electrons. The zero-order valence-electron chi connectivity index (χ0n) is 7.16. The van der Waals surface area contributed by atoms with Crippen LogP contribution in [0.1, 0.15) is 20.8 Å². The molecule has 0 unspecified atom stereocenters. The Hall–Kier alpha value is -0.570. The van der Waals surface area contributed by atoms with Crippen molar-refractivity contribution in [1.82, 2.24) is 5.32 Å². The van der Waals surface area contributed by atoms with E-state index in [4.69, 9.17) is 0 Å². The van der Waals surface area contributed by atoms with E-state index < -0.39 is 6.10 Å². The predicted molar refractivity (Wildman–Crippen MR) is 41.9 cm³/mol. The first-order valence-electron chi connectivity index (χ1n) is 4.02. The largest absolute Gasteiger partial charge is 0.391 e. The van der Waals surface area contributed by atoms with E-state index in [2.05, 4.69) is 5.32 Å². The molecule has 1 amide bonds. The fraction of sp³-hybridized carbons (Fsp3) is 0.875. The van der Waals surface area contributed by atoms with E-state index in [1.807, 2.05) is 13.8 Å². The normalized spacial score (nSPS) is 33.0. The van der Waals surface area contributed by atoms with Crippen molar-refractivity contribution in [3.8, 4) is 0 Å². The number of hydrogen-bond donors (Lipinski definition) is 2. The van der Waals surface area contributed by atoms with Crippen LogP contribution in [-0.4, -0.2) is 23.2 Å². The summed E-state index contributed by atoms with van der Waals surface area (Å²) in [6.45, 7) is 5.71. The van der Waals surface area contributed by atoms with Gasteiger partial charge in [-0.15, -0.1) is 0 Å². The SMILES string of the molecule is CC(C)[C@H]1C(=O)N[C@@H]1[C@H](C)O. The molecular weight excluding hydrogens is 142 g/mol. The lowest BCUT2D eigenvalue weighted by Crippen LogP contribution is -2.64. The van der Waals surface area contributed by atoms with Gasteiger partial charge in [0.15, 0.2) is 0 Å². The maximum atomic E-state index is 11.0. The van der Waals surface area contributed by atoms with Gasteiger partial charge in [-0.05, 0) is 12.8 Å². The summed E-state index contributed by atoms with van der Waals surface area (Å²) in [5, 5.41) is 11.9. The molecule has 0 aromatic heterocycles. The topological polar surface area (TPSA) is 49.3 Å². The fourth-order valence-electron chi connectivity index (χ4n) is 1.56. The Labute approximate surface area is 66.8 Å². The Morgan fingerprint density at radius 2 is 2.00 bits per heavy atom. The highest BCUT2D eigenvalue weighted by atomic mass is 16.3.